The molecule has 3 heterocycles. The van der Waals surface area contributed by atoms with E-state index in [-0.39, 0.29) is 5.91 Å². The van der Waals surface area contributed by atoms with E-state index in [1.165, 1.54) is 30.2 Å². The first-order valence-electron chi connectivity index (χ1n) is 11.8. The molecule has 4 aromatic rings. The van der Waals surface area contributed by atoms with Crippen LogP contribution in [0.1, 0.15) is 25.5 Å². The van der Waals surface area contributed by atoms with Crippen molar-refractivity contribution in [2.24, 2.45) is 0 Å². The quantitative estimate of drug-likeness (QED) is 0.386. The number of nitrogens with one attached hydrogen (secondary N) is 1. The molecule has 5 rings (SSSR count). The maximum absolute atomic E-state index is 11.4. The van der Waals surface area contributed by atoms with Crippen LogP contribution in [0.4, 0.5) is 10.9 Å². The van der Waals surface area contributed by atoms with Crippen molar-refractivity contribution < 1.29 is 14.3 Å². The normalized spacial score (nSPS) is 15.0. The van der Waals surface area contributed by atoms with Gasteiger partial charge in [0.15, 0.2) is 10.9 Å². The second-order valence-electron chi connectivity index (χ2n) is 8.59. The molecule has 1 atom stereocenters. The summed E-state index contributed by atoms with van der Waals surface area (Å²) in [5, 5.41) is 3.28. The number of nitrogens with zero attached hydrogens (tertiary/aromatic N) is 5. The number of hydrogen-bond acceptors (Lipinski definition) is 9. The van der Waals surface area contributed by atoms with E-state index in [1.54, 1.807) is 7.11 Å². The number of para-hydroxylation sites is 1. The van der Waals surface area contributed by atoms with E-state index < -0.39 is 0 Å². The number of benzene rings is 2. The third-order valence-corrected chi connectivity index (χ3v) is 7.23. The summed E-state index contributed by atoms with van der Waals surface area (Å²) in [5.74, 6) is 2.59. The second kappa shape index (κ2) is 10.5. The predicted molar refractivity (Wildman–Crippen MR) is 141 cm³/mol. The van der Waals surface area contributed by atoms with Crippen molar-refractivity contribution in [2.45, 2.75) is 19.9 Å². The molecule has 1 N–H and O–H groups in total. The van der Waals surface area contributed by atoms with Gasteiger partial charge in [0.2, 0.25) is 11.8 Å². The highest BCUT2D eigenvalue weighted by Crippen LogP contribution is 2.35. The molecule has 0 bridgehead atoms. The molecule has 0 saturated carbocycles. The van der Waals surface area contributed by atoms with Crippen molar-refractivity contribution in [3.8, 4) is 17.4 Å². The van der Waals surface area contributed by atoms with Crippen LogP contribution in [0.5, 0.6) is 17.4 Å². The molecule has 1 saturated heterocycles. The van der Waals surface area contributed by atoms with Crippen LogP contribution in [0, 0.1) is 0 Å². The van der Waals surface area contributed by atoms with Gasteiger partial charge in [-0.15, -0.1) is 0 Å². The minimum atomic E-state index is -0.157. The first kappa shape index (κ1) is 24.0. The first-order chi connectivity index (χ1) is 17.5. The average Bonchev–Trinajstić information content (AvgIpc) is 3.31. The molecule has 0 spiro atoms. The fourth-order valence-corrected chi connectivity index (χ4v) is 5.24. The van der Waals surface area contributed by atoms with Crippen LogP contribution in [-0.4, -0.2) is 59.0 Å². The predicted octanol–water partition coefficient (Wildman–Crippen LogP) is 4.73. The number of methoxy groups -OCH3 is 1. The Balaban J connectivity index is 1.25. The maximum atomic E-state index is 11.4. The fraction of sp³-hybridized carbons (Fsp3) is 0.308. The number of ether oxygens (including phenoxy) is 2. The van der Waals surface area contributed by atoms with Crippen molar-refractivity contribution in [2.75, 3.05) is 43.5 Å². The van der Waals surface area contributed by atoms with Crippen LogP contribution >= 0.6 is 11.3 Å². The molecular weight excluding hydrogens is 476 g/mol. The maximum Gasteiger partial charge on any atom is 0.224 e. The van der Waals surface area contributed by atoms with Gasteiger partial charge in [0.1, 0.15) is 23.4 Å². The number of thiazole rings is 1. The lowest BCUT2D eigenvalue weighted by Crippen LogP contribution is -2.47. The number of aromatic nitrogens is 3. The molecule has 1 amide bonds. The Morgan fingerprint density at radius 1 is 1.08 bits per heavy atom. The van der Waals surface area contributed by atoms with E-state index in [4.69, 9.17) is 9.47 Å². The largest absolute Gasteiger partial charge is 0.497 e. The van der Waals surface area contributed by atoms with Crippen LogP contribution in [0.2, 0.25) is 0 Å². The highest BCUT2D eigenvalue weighted by Gasteiger charge is 2.23. The van der Waals surface area contributed by atoms with Gasteiger partial charge in [0, 0.05) is 45.2 Å². The molecule has 2 aromatic carbocycles. The van der Waals surface area contributed by atoms with E-state index in [9.17, 15) is 4.79 Å². The minimum Gasteiger partial charge on any atom is -0.497 e. The molecule has 1 aliphatic heterocycles. The Kier molecular flexibility index (Phi) is 6.97. The van der Waals surface area contributed by atoms with Gasteiger partial charge in [0.25, 0.3) is 0 Å². The molecule has 2 aromatic heterocycles. The summed E-state index contributed by atoms with van der Waals surface area (Å²) in [6, 6.07) is 16.2. The lowest BCUT2D eigenvalue weighted by atomic mass is 10.1. The zero-order chi connectivity index (χ0) is 25.1. The number of carbonyl (C=O) groups is 1. The Labute approximate surface area is 213 Å². The molecule has 10 heteroatoms. The number of carbonyl (C=O) groups excluding carboxylic acids is 1. The van der Waals surface area contributed by atoms with Gasteiger partial charge in [-0.3, -0.25) is 9.69 Å². The van der Waals surface area contributed by atoms with Crippen molar-refractivity contribution in [3.05, 3.63) is 60.4 Å². The highest BCUT2D eigenvalue weighted by atomic mass is 32.1. The summed E-state index contributed by atoms with van der Waals surface area (Å²) >= 11 is 1.40. The molecule has 9 nitrogen and oxygen atoms in total. The Morgan fingerprint density at radius 3 is 2.58 bits per heavy atom. The zero-order valence-corrected chi connectivity index (χ0v) is 21.3. The topological polar surface area (TPSA) is 92.7 Å². The van der Waals surface area contributed by atoms with Gasteiger partial charge in [-0.2, -0.15) is 0 Å². The van der Waals surface area contributed by atoms with Crippen molar-refractivity contribution >= 4 is 38.4 Å². The van der Waals surface area contributed by atoms with Crippen molar-refractivity contribution in [3.63, 3.8) is 0 Å². The van der Waals surface area contributed by atoms with E-state index in [0.29, 0.717) is 28.3 Å². The number of piperazine rings is 1. The van der Waals surface area contributed by atoms with Crippen LogP contribution in [0.25, 0.3) is 10.2 Å². The molecule has 36 heavy (non-hydrogen) atoms. The van der Waals surface area contributed by atoms with Gasteiger partial charge in [-0.1, -0.05) is 29.5 Å². The Morgan fingerprint density at radius 2 is 1.86 bits per heavy atom. The smallest absolute Gasteiger partial charge is 0.224 e. The Bertz CT molecular complexity index is 1350. The molecule has 1 unspecified atom stereocenters. The number of rotatable bonds is 7. The number of fused-ring (bicyclic) bond motifs is 1. The van der Waals surface area contributed by atoms with Gasteiger partial charge in [0.05, 0.1) is 11.8 Å². The van der Waals surface area contributed by atoms with Gasteiger partial charge in [-0.05, 0) is 36.8 Å². The molecule has 0 radical (unpaired) electrons. The van der Waals surface area contributed by atoms with Crippen molar-refractivity contribution in [1.82, 2.24) is 19.9 Å². The lowest BCUT2D eigenvalue weighted by molar-refractivity contribution is -0.114. The number of anilines is 2. The first-order valence-corrected chi connectivity index (χ1v) is 12.6. The molecule has 186 valence electrons. The molecule has 0 aliphatic carbocycles. The van der Waals surface area contributed by atoms with Crippen LogP contribution < -0.4 is 19.7 Å². The van der Waals surface area contributed by atoms with E-state index in [1.807, 2.05) is 36.4 Å². The van der Waals surface area contributed by atoms with E-state index >= 15 is 0 Å². The summed E-state index contributed by atoms with van der Waals surface area (Å²) in [6.07, 6.45) is 1.53. The number of hydrogen-bond donors (Lipinski definition) is 1. The lowest BCUT2D eigenvalue weighted by Gasteiger charge is -2.38. The molecule has 1 aliphatic rings. The van der Waals surface area contributed by atoms with Crippen LogP contribution in [0.15, 0.2) is 54.9 Å². The van der Waals surface area contributed by atoms with Gasteiger partial charge in [-0.25, -0.2) is 15.0 Å². The second-order valence-corrected chi connectivity index (χ2v) is 9.62. The average molecular weight is 505 g/mol. The summed E-state index contributed by atoms with van der Waals surface area (Å²) in [7, 11) is 1.69. The zero-order valence-electron chi connectivity index (χ0n) is 20.5. The van der Waals surface area contributed by atoms with Crippen LogP contribution in [-0.2, 0) is 4.79 Å². The van der Waals surface area contributed by atoms with Crippen molar-refractivity contribution in [1.29, 1.82) is 0 Å². The third kappa shape index (κ3) is 5.24. The van der Waals surface area contributed by atoms with E-state index in [2.05, 4.69) is 49.1 Å². The van der Waals surface area contributed by atoms with Crippen LogP contribution in [0.3, 0.4) is 0 Å². The van der Waals surface area contributed by atoms with Gasteiger partial charge < -0.3 is 19.7 Å². The minimum absolute atomic E-state index is 0.157. The summed E-state index contributed by atoms with van der Waals surface area (Å²) < 4.78 is 12.3. The Hall–Kier alpha value is -3.76. The number of amides is 1. The fourth-order valence-electron chi connectivity index (χ4n) is 4.31. The molecule has 1 fully saturated rings. The van der Waals surface area contributed by atoms with Gasteiger partial charge >= 0.3 is 0 Å². The molecular formula is C26H28N6O3S. The summed E-state index contributed by atoms with van der Waals surface area (Å²) in [4.78, 5) is 29.5. The standard InChI is InChI=1S/C26H28N6O3S/c1-17(19-7-9-20(34-3)10-8-19)31-11-13-32(14-12-31)23-15-24(28-16-27-23)35-21-5-4-6-22-25(21)30-26(36-22)29-18(2)33/h4-10,15-17H,11-14H2,1-3H3,(H,29,30,33). The summed E-state index contributed by atoms with van der Waals surface area (Å²) in [5.41, 5.74) is 1.97. The highest BCUT2D eigenvalue weighted by molar-refractivity contribution is 7.22. The monoisotopic (exact) mass is 504 g/mol. The van der Waals surface area contributed by atoms with E-state index in [0.717, 1.165) is 42.4 Å². The third-order valence-electron chi connectivity index (χ3n) is 6.29. The SMILES string of the molecule is COc1ccc(C(C)N2CCN(c3cc(Oc4cccc5sc(NC(C)=O)nc45)ncn3)CC2)cc1. The summed E-state index contributed by atoms with van der Waals surface area (Å²) in [6.45, 7) is 7.28.